The Morgan fingerprint density at radius 1 is 0.485 bits per heavy atom. The van der Waals surface area contributed by atoms with Crippen molar-refractivity contribution in [1.29, 1.82) is 0 Å². The van der Waals surface area contributed by atoms with Crippen LogP contribution in [0.25, 0.3) is 0 Å². The fourth-order valence-electron chi connectivity index (χ4n) is 10.8. The van der Waals surface area contributed by atoms with Crippen molar-refractivity contribution in [3.05, 3.63) is 0 Å². The molecule has 2 fully saturated rings. The van der Waals surface area contributed by atoms with Gasteiger partial charge in [-0.3, -0.25) is 9.68 Å². The number of aliphatic hydroxyl groups is 2. The van der Waals surface area contributed by atoms with E-state index in [2.05, 4.69) is 120 Å². The quantitative estimate of drug-likeness (QED) is 0.0689. The number of unbranched alkanes of at least 4 members (excludes halogenated alkanes) is 7. The number of nitrogens with zero attached hydrogens (tertiary/aromatic N) is 9. The largest absolute Gasteiger partial charge is 0.388 e. The number of anilines is 3. The molecule has 2 aliphatic rings. The van der Waals surface area contributed by atoms with Gasteiger partial charge in [0, 0.05) is 67.0 Å². The summed E-state index contributed by atoms with van der Waals surface area (Å²) >= 11 is 0. The van der Waals surface area contributed by atoms with Crippen molar-refractivity contribution < 1.29 is 19.9 Å². The Morgan fingerprint density at radius 2 is 0.818 bits per heavy atom. The van der Waals surface area contributed by atoms with E-state index < -0.39 is 11.2 Å². The van der Waals surface area contributed by atoms with E-state index in [1.807, 2.05) is 27.7 Å². The molecule has 0 saturated carbocycles. The lowest BCUT2D eigenvalue weighted by Gasteiger charge is -2.56. The maximum Gasteiger partial charge on any atom is 0.232 e. The molecule has 0 radical (unpaired) electrons. The molecule has 1 aromatic rings. The van der Waals surface area contributed by atoms with Crippen molar-refractivity contribution in [2.75, 3.05) is 73.7 Å². The standard InChI is InChI=1S/C53H105N9O4/c1-18-23-31-58(32-24-19-2)45-54-46(59(33-25-20-3)34-26-21-4)56-47(55-45)60(44-39-50(10,11)62(51(12,13)40-44)66-42-53(16,17)64)36-30-28-27-29-35-57(22-5)43-37-48(6,7)61(49(8,9)38-43)65-41-52(14,15)63/h43-44,63-64H,18-42H2,1-17H3. The van der Waals surface area contributed by atoms with Crippen LogP contribution in [0.1, 0.15) is 220 Å². The molecule has 0 spiro atoms. The molecule has 3 rings (SSSR count). The molecule has 13 heteroatoms. The second-order valence-corrected chi connectivity index (χ2v) is 24.0. The third-order valence-corrected chi connectivity index (χ3v) is 13.7. The average Bonchev–Trinajstić information content (AvgIpc) is 3.19. The number of piperidine rings is 2. The minimum atomic E-state index is -0.929. The Balaban J connectivity index is 1.95. The van der Waals surface area contributed by atoms with E-state index in [4.69, 9.17) is 24.6 Å². The zero-order valence-corrected chi connectivity index (χ0v) is 46.1. The zero-order chi connectivity index (χ0) is 49.6. The van der Waals surface area contributed by atoms with Gasteiger partial charge in [-0.05, 0) is 160 Å². The fraction of sp³-hybridized carbons (Fsp3) is 0.943. The first-order valence-corrected chi connectivity index (χ1v) is 26.8. The summed E-state index contributed by atoms with van der Waals surface area (Å²) < 4.78 is 0. The van der Waals surface area contributed by atoms with Gasteiger partial charge in [-0.25, -0.2) is 0 Å². The van der Waals surface area contributed by atoms with E-state index in [0.717, 1.165) is 160 Å². The number of aromatic nitrogens is 3. The second-order valence-electron chi connectivity index (χ2n) is 24.0. The summed E-state index contributed by atoms with van der Waals surface area (Å²) in [6.45, 7) is 44.3. The first-order valence-electron chi connectivity index (χ1n) is 26.8. The lowest BCUT2D eigenvalue weighted by atomic mass is 9.78. The van der Waals surface area contributed by atoms with Gasteiger partial charge in [0.25, 0.3) is 0 Å². The Bertz CT molecular complexity index is 1440. The summed E-state index contributed by atoms with van der Waals surface area (Å²) in [4.78, 5) is 39.3. The van der Waals surface area contributed by atoms with E-state index >= 15 is 0 Å². The smallest absolute Gasteiger partial charge is 0.232 e. The molecule has 0 aliphatic carbocycles. The summed E-state index contributed by atoms with van der Waals surface area (Å²) in [5.41, 5.74) is -2.73. The molecule has 13 nitrogen and oxygen atoms in total. The summed E-state index contributed by atoms with van der Waals surface area (Å²) in [5, 5.41) is 25.5. The first kappa shape index (κ1) is 58.4. The van der Waals surface area contributed by atoms with Gasteiger partial charge in [0.15, 0.2) is 0 Å². The van der Waals surface area contributed by atoms with Crippen molar-refractivity contribution >= 4 is 17.8 Å². The highest BCUT2D eigenvalue weighted by Gasteiger charge is 2.50. The lowest BCUT2D eigenvalue weighted by Crippen LogP contribution is -2.65. The maximum atomic E-state index is 10.7. The predicted molar refractivity (Wildman–Crippen MR) is 277 cm³/mol. The minimum absolute atomic E-state index is 0.157. The highest BCUT2D eigenvalue weighted by Crippen LogP contribution is 2.43. The third kappa shape index (κ3) is 18.1. The highest BCUT2D eigenvalue weighted by molar-refractivity contribution is 5.47. The van der Waals surface area contributed by atoms with Crippen LogP contribution >= 0.6 is 0 Å². The van der Waals surface area contributed by atoms with Crippen LogP contribution in [0.2, 0.25) is 0 Å². The Hall–Kier alpha value is -1.87. The summed E-state index contributed by atoms with van der Waals surface area (Å²) in [7, 11) is 0. The molecule has 2 aliphatic heterocycles. The Morgan fingerprint density at radius 3 is 1.15 bits per heavy atom. The molecule has 386 valence electrons. The van der Waals surface area contributed by atoms with Crippen molar-refractivity contribution in [2.24, 2.45) is 0 Å². The van der Waals surface area contributed by atoms with E-state index in [-0.39, 0.29) is 41.4 Å². The van der Waals surface area contributed by atoms with Gasteiger partial charge in [-0.15, -0.1) is 0 Å². The van der Waals surface area contributed by atoms with Gasteiger partial charge >= 0.3 is 0 Å². The van der Waals surface area contributed by atoms with E-state index in [0.29, 0.717) is 6.04 Å². The molecule has 2 saturated heterocycles. The third-order valence-electron chi connectivity index (χ3n) is 13.7. The molecule has 0 bridgehead atoms. The lowest BCUT2D eigenvalue weighted by molar-refractivity contribution is -0.302. The van der Waals surface area contributed by atoms with E-state index in [9.17, 15) is 10.2 Å². The molecule has 66 heavy (non-hydrogen) atoms. The molecule has 0 atom stereocenters. The number of hydrogen-bond acceptors (Lipinski definition) is 13. The van der Waals surface area contributed by atoms with Gasteiger partial charge in [-0.2, -0.15) is 25.1 Å². The van der Waals surface area contributed by atoms with Crippen molar-refractivity contribution in [2.45, 2.75) is 266 Å². The van der Waals surface area contributed by atoms with Crippen LogP contribution in [0.4, 0.5) is 17.8 Å². The summed E-state index contributed by atoms with van der Waals surface area (Å²) in [6.07, 6.45) is 17.2. The molecule has 0 amide bonds. The Kier molecular flexibility index (Phi) is 22.9. The molecule has 0 unspecified atom stereocenters. The fourth-order valence-corrected chi connectivity index (χ4v) is 10.8. The van der Waals surface area contributed by atoms with Crippen LogP contribution in [-0.2, 0) is 9.68 Å². The molecule has 3 heterocycles. The number of rotatable bonds is 31. The first-order chi connectivity index (χ1) is 30.7. The molecule has 2 N–H and O–H groups in total. The minimum Gasteiger partial charge on any atom is -0.388 e. The van der Waals surface area contributed by atoms with Crippen molar-refractivity contribution in [3.63, 3.8) is 0 Å². The predicted octanol–water partition coefficient (Wildman–Crippen LogP) is 10.8. The van der Waals surface area contributed by atoms with Gasteiger partial charge in [0.2, 0.25) is 17.8 Å². The van der Waals surface area contributed by atoms with Crippen LogP contribution < -0.4 is 14.7 Å². The topological polar surface area (TPSA) is 117 Å². The summed E-state index contributed by atoms with van der Waals surface area (Å²) in [5.74, 6) is 2.46. The summed E-state index contributed by atoms with van der Waals surface area (Å²) in [6, 6.07) is 0.651. The normalized spacial score (nSPS) is 19.5. The SMILES string of the molecule is CCCCN(CCCC)c1nc(N(CCCC)CCCC)nc(N(CCCCCCN(CC)C2CC(C)(C)N(OCC(C)(C)O)C(C)(C)C2)C2CC(C)(C)N(OCC(C)(C)O)C(C)(C)C2)n1. The maximum absolute atomic E-state index is 10.7. The molecule has 0 aromatic carbocycles. The highest BCUT2D eigenvalue weighted by atomic mass is 16.7. The van der Waals surface area contributed by atoms with Crippen LogP contribution in [0, 0.1) is 0 Å². The zero-order valence-electron chi connectivity index (χ0n) is 46.1. The van der Waals surface area contributed by atoms with Crippen LogP contribution in [-0.4, -0.2) is 145 Å². The van der Waals surface area contributed by atoms with Gasteiger partial charge < -0.3 is 29.8 Å². The molecular formula is C53H105N9O4. The number of hydroxylamine groups is 4. The molecule has 1 aromatic heterocycles. The van der Waals surface area contributed by atoms with E-state index in [1.165, 1.54) is 6.42 Å². The van der Waals surface area contributed by atoms with Gasteiger partial charge in [-0.1, -0.05) is 73.1 Å². The van der Waals surface area contributed by atoms with Crippen molar-refractivity contribution in [3.8, 4) is 0 Å². The molecular weight excluding hydrogens is 827 g/mol. The van der Waals surface area contributed by atoms with E-state index in [1.54, 1.807) is 0 Å². The van der Waals surface area contributed by atoms with Gasteiger partial charge in [0.05, 0.1) is 24.4 Å². The second kappa shape index (κ2) is 25.8. The van der Waals surface area contributed by atoms with Crippen molar-refractivity contribution in [1.82, 2.24) is 30.0 Å². The average molecular weight is 932 g/mol. The van der Waals surface area contributed by atoms with Gasteiger partial charge in [0.1, 0.15) is 0 Å². The monoisotopic (exact) mass is 932 g/mol. The van der Waals surface area contributed by atoms with Crippen LogP contribution in [0.15, 0.2) is 0 Å². The van der Waals surface area contributed by atoms with Crippen LogP contribution in [0.5, 0.6) is 0 Å². The number of hydrogen-bond donors (Lipinski definition) is 2. The Labute approximate surface area is 406 Å². The van der Waals surface area contributed by atoms with Crippen LogP contribution in [0.3, 0.4) is 0 Å².